The largest absolute Gasteiger partial charge is 0.375 e. The van der Waals surface area contributed by atoms with Crippen molar-refractivity contribution in [3.63, 3.8) is 0 Å². The Kier molecular flexibility index (Phi) is 5.93. The molecule has 0 spiro atoms. The van der Waals surface area contributed by atoms with E-state index in [1.54, 1.807) is 0 Å². The maximum Gasteiger partial charge on any atom is 0.0363 e. The smallest absolute Gasteiger partial charge is 0.0363 e. The van der Waals surface area contributed by atoms with Gasteiger partial charge in [0.05, 0.1) is 0 Å². The molecule has 0 saturated heterocycles. The summed E-state index contributed by atoms with van der Waals surface area (Å²) < 4.78 is 0. The summed E-state index contributed by atoms with van der Waals surface area (Å²) in [6.07, 6.45) is 3.17. The zero-order valence-corrected chi connectivity index (χ0v) is 12.2. The Morgan fingerprint density at radius 1 is 1.11 bits per heavy atom. The van der Waals surface area contributed by atoms with Crippen molar-refractivity contribution in [3.8, 4) is 0 Å². The molecule has 0 fully saturated rings. The van der Waals surface area contributed by atoms with Crippen LogP contribution in [-0.2, 0) is 0 Å². The molecule has 0 heterocycles. The molecule has 0 aromatic heterocycles. The van der Waals surface area contributed by atoms with Crippen LogP contribution >= 0.6 is 0 Å². The molecule has 2 heteroatoms. The summed E-state index contributed by atoms with van der Waals surface area (Å²) in [5.41, 5.74) is 2.62. The summed E-state index contributed by atoms with van der Waals surface area (Å²) in [5, 5.41) is 0. The van der Waals surface area contributed by atoms with Crippen LogP contribution in [-0.4, -0.2) is 39.1 Å². The van der Waals surface area contributed by atoms with Crippen molar-refractivity contribution in [3.05, 3.63) is 42.5 Å². The van der Waals surface area contributed by atoms with Crippen LogP contribution in [0.3, 0.4) is 0 Å². The van der Waals surface area contributed by atoms with Crippen molar-refractivity contribution < 1.29 is 0 Å². The molecule has 0 aliphatic rings. The maximum atomic E-state index is 3.84. The molecular formula is C16H26N2. The van der Waals surface area contributed by atoms with Gasteiger partial charge in [0.25, 0.3) is 0 Å². The van der Waals surface area contributed by atoms with Crippen molar-refractivity contribution in [2.45, 2.75) is 19.3 Å². The average Bonchev–Trinajstić information content (AvgIpc) is 2.37. The highest BCUT2D eigenvalue weighted by Crippen LogP contribution is 2.20. The minimum absolute atomic E-state index is 0.429. The topological polar surface area (TPSA) is 6.48 Å². The van der Waals surface area contributed by atoms with Gasteiger partial charge in [-0.1, -0.05) is 25.1 Å². The van der Waals surface area contributed by atoms with E-state index in [4.69, 9.17) is 0 Å². The Hall–Kier alpha value is -1.28. The molecule has 0 radical (unpaired) electrons. The number of allylic oxidation sites excluding steroid dienone is 1. The molecule has 1 aromatic rings. The molecule has 0 bridgehead atoms. The third kappa shape index (κ3) is 4.53. The third-order valence-corrected chi connectivity index (χ3v) is 3.31. The van der Waals surface area contributed by atoms with Gasteiger partial charge in [0.15, 0.2) is 0 Å². The predicted molar refractivity (Wildman–Crippen MR) is 81.5 cm³/mol. The number of nitrogens with zero attached hydrogens (tertiary/aromatic N) is 2. The fraction of sp³-hybridized carbons (Fsp3) is 0.500. The van der Waals surface area contributed by atoms with Gasteiger partial charge in [0, 0.05) is 19.3 Å². The van der Waals surface area contributed by atoms with Gasteiger partial charge in [-0.25, -0.2) is 0 Å². The number of benzene rings is 1. The van der Waals surface area contributed by atoms with Gasteiger partial charge in [0.2, 0.25) is 0 Å². The highest BCUT2D eigenvalue weighted by molar-refractivity contribution is 5.47. The van der Waals surface area contributed by atoms with Crippen LogP contribution in [0.2, 0.25) is 0 Å². The van der Waals surface area contributed by atoms with E-state index in [0.29, 0.717) is 5.92 Å². The lowest BCUT2D eigenvalue weighted by molar-refractivity contribution is 0.401. The van der Waals surface area contributed by atoms with Gasteiger partial charge in [-0.05, 0) is 50.7 Å². The van der Waals surface area contributed by atoms with Crippen LogP contribution in [0.4, 0.5) is 5.69 Å². The number of hydrogen-bond donors (Lipinski definition) is 0. The van der Waals surface area contributed by atoms with Gasteiger partial charge < -0.3 is 9.80 Å². The number of anilines is 1. The lowest BCUT2D eigenvalue weighted by Gasteiger charge is -2.21. The van der Waals surface area contributed by atoms with E-state index < -0.39 is 0 Å². The molecule has 2 nitrogen and oxygen atoms in total. The summed E-state index contributed by atoms with van der Waals surface area (Å²) in [6, 6.07) is 8.80. The summed E-state index contributed by atoms with van der Waals surface area (Å²) in [4.78, 5) is 4.54. The van der Waals surface area contributed by atoms with Crippen molar-refractivity contribution in [2.24, 2.45) is 0 Å². The van der Waals surface area contributed by atoms with E-state index in [2.05, 4.69) is 68.7 Å². The fourth-order valence-corrected chi connectivity index (χ4v) is 1.92. The Bertz CT molecular complexity index is 354. The molecule has 1 rings (SSSR count). The van der Waals surface area contributed by atoms with E-state index >= 15 is 0 Å². The molecule has 0 aliphatic heterocycles. The quantitative estimate of drug-likeness (QED) is 0.681. The van der Waals surface area contributed by atoms with Crippen LogP contribution in [0.5, 0.6) is 0 Å². The monoisotopic (exact) mass is 246 g/mol. The first kappa shape index (κ1) is 14.8. The minimum Gasteiger partial charge on any atom is -0.375 e. The van der Waals surface area contributed by atoms with E-state index in [9.17, 15) is 0 Å². The molecule has 100 valence electrons. The van der Waals surface area contributed by atoms with E-state index in [1.807, 2.05) is 6.08 Å². The fourth-order valence-electron chi connectivity index (χ4n) is 1.92. The van der Waals surface area contributed by atoms with E-state index in [-0.39, 0.29) is 0 Å². The molecule has 0 unspecified atom stereocenters. The van der Waals surface area contributed by atoms with E-state index in [1.165, 1.54) is 17.7 Å². The third-order valence-electron chi connectivity index (χ3n) is 3.31. The second-order valence-electron chi connectivity index (χ2n) is 5.19. The number of rotatable bonds is 7. The molecular weight excluding hydrogens is 220 g/mol. The van der Waals surface area contributed by atoms with Crippen LogP contribution < -0.4 is 4.90 Å². The molecule has 0 amide bonds. The van der Waals surface area contributed by atoms with Gasteiger partial charge >= 0.3 is 0 Å². The van der Waals surface area contributed by atoms with Gasteiger partial charge in [-0.2, -0.15) is 0 Å². The first-order valence-corrected chi connectivity index (χ1v) is 6.63. The normalized spacial score (nSPS) is 12.5. The standard InChI is InChI=1S/C16H26N2/c1-6-14(2)15-8-10-16(11-9-15)18(5)13-7-12-17(3)4/h6,8-11,14H,1,7,12-13H2,2-5H3/t14-/m1/s1. The molecule has 0 aliphatic carbocycles. The zero-order valence-electron chi connectivity index (χ0n) is 12.2. The summed E-state index contributed by atoms with van der Waals surface area (Å²) in [5.74, 6) is 0.429. The molecule has 0 N–H and O–H groups in total. The number of hydrogen-bond acceptors (Lipinski definition) is 2. The first-order valence-electron chi connectivity index (χ1n) is 6.63. The SMILES string of the molecule is C=C[C@@H](C)c1ccc(N(C)CCCN(C)C)cc1. The lowest BCUT2D eigenvalue weighted by Crippen LogP contribution is -2.23. The van der Waals surface area contributed by atoms with Crippen molar-refractivity contribution in [1.29, 1.82) is 0 Å². The molecule has 1 aromatic carbocycles. The van der Waals surface area contributed by atoms with Gasteiger partial charge in [0.1, 0.15) is 0 Å². The zero-order chi connectivity index (χ0) is 13.5. The summed E-state index contributed by atoms with van der Waals surface area (Å²) >= 11 is 0. The summed E-state index contributed by atoms with van der Waals surface area (Å²) in [7, 11) is 6.39. The molecule has 1 atom stereocenters. The lowest BCUT2D eigenvalue weighted by atomic mass is 10.0. The second kappa shape index (κ2) is 7.22. The highest BCUT2D eigenvalue weighted by atomic mass is 15.1. The van der Waals surface area contributed by atoms with Gasteiger partial charge in [-0.3, -0.25) is 0 Å². The Morgan fingerprint density at radius 3 is 2.22 bits per heavy atom. The second-order valence-corrected chi connectivity index (χ2v) is 5.19. The Balaban J connectivity index is 2.53. The summed E-state index contributed by atoms with van der Waals surface area (Å²) in [6.45, 7) is 8.23. The Labute approximate surface area is 112 Å². The first-order chi connectivity index (χ1) is 8.54. The van der Waals surface area contributed by atoms with Crippen LogP contribution in [0.25, 0.3) is 0 Å². The van der Waals surface area contributed by atoms with Crippen molar-refractivity contribution in [2.75, 3.05) is 39.1 Å². The van der Waals surface area contributed by atoms with Gasteiger partial charge in [-0.15, -0.1) is 6.58 Å². The predicted octanol–water partition coefficient (Wildman–Crippen LogP) is 3.36. The Morgan fingerprint density at radius 2 is 1.72 bits per heavy atom. The van der Waals surface area contributed by atoms with Crippen LogP contribution in [0.1, 0.15) is 24.8 Å². The molecule has 18 heavy (non-hydrogen) atoms. The van der Waals surface area contributed by atoms with Crippen LogP contribution in [0, 0.1) is 0 Å². The van der Waals surface area contributed by atoms with Crippen molar-refractivity contribution in [1.82, 2.24) is 4.90 Å². The van der Waals surface area contributed by atoms with Crippen LogP contribution in [0.15, 0.2) is 36.9 Å². The van der Waals surface area contributed by atoms with Crippen molar-refractivity contribution >= 4 is 5.69 Å². The van der Waals surface area contributed by atoms with E-state index in [0.717, 1.165) is 13.1 Å². The highest BCUT2D eigenvalue weighted by Gasteiger charge is 2.03. The molecule has 0 saturated carbocycles. The maximum absolute atomic E-state index is 3.84. The minimum atomic E-state index is 0.429. The average molecular weight is 246 g/mol.